The van der Waals surface area contributed by atoms with Gasteiger partial charge in [-0.3, -0.25) is 9.59 Å². The van der Waals surface area contributed by atoms with Gasteiger partial charge in [-0.2, -0.15) is 0 Å². The van der Waals surface area contributed by atoms with E-state index in [0.717, 1.165) is 89.5 Å². The Labute approximate surface area is 184 Å². The van der Waals surface area contributed by atoms with Gasteiger partial charge in [0, 0.05) is 56.1 Å². The fourth-order valence-electron chi connectivity index (χ4n) is 5.21. The molecule has 3 saturated heterocycles. The van der Waals surface area contributed by atoms with E-state index in [1.54, 1.807) is 11.3 Å². The second kappa shape index (κ2) is 10.2. The molecule has 2 amide bonds. The van der Waals surface area contributed by atoms with Crippen LogP contribution in [0.15, 0.2) is 17.5 Å². The molecule has 1 aromatic rings. The van der Waals surface area contributed by atoms with Gasteiger partial charge in [0.15, 0.2) is 0 Å². The van der Waals surface area contributed by atoms with Gasteiger partial charge >= 0.3 is 0 Å². The van der Waals surface area contributed by atoms with E-state index in [4.69, 9.17) is 0 Å². The summed E-state index contributed by atoms with van der Waals surface area (Å²) in [5.74, 6) is 0.865. The summed E-state index contributed by atoms with van der Waals surface area (Å²) >= 11 is 1.66. The summed E-state index contributed by atoms with van der Waals surface area (Å²) < 4.78 is 0. The van der Waals surface area contributed by atoms with Crippen molar-refractivity contribution in [3.63, 3.8) is 0 Å². The highest BCUT2D eigenvalue weighted by Crippen LogP contribution is 2.26. The zero-order valence-corrected chi connectivity index (χ0v) is 19.1. The van der Waals surface area contributed by atoms with Gasteiger partial charge in [0.05, 0.1) is 6.42 Å². The number of hydrogen-bond donors (Lipinski definition) is 0. The van der Waals surface area contributed by atoms with Gasteiger partial charge in [0.25, 0.3) is 0 Å². The zero-order chi connectivity index (χ0) is 20.9. The minimum Gasteiger partial charge on any atom is -0.342 e. The van der Waals surface area contributed by atoms with Crippen LogP contribution in [0.1, 0.15) is 37.5 Å². The van der Waals surface area contributed by atoms with E-state index < -0.39 is 0 Å². The van der Waals surface area contributed by atoms with Gasteiger partial charge in [0.1, 0.15) is 0 Å². The number of carbonyl (C=O) groups is 2. The van der Waals surface area contributed by atoms with Crippen LogP contribution < -0.4 is 0 Å². The Morgan fingerprint density at radius 1 is 0.933 bits per heavy atom. The van der Waals surface area contributed by atoms with Gasteiger partial charge < -0.3 is 19.6 Å². The van der Waals surface area contributed by atoms with E-state index in [9.17, 15) is 9.59 Å². The molecule has 0 saturated carbocycles. The van der Waals surface area contributed by atoms with Crippen LogP contribution in [0, 0.1) is 5.92 Å². The van der Waals surface area contributed by atoms with Crippen molar-refractivity contribution in [3.8, 4) is 0 Å². The van der Waals surface area contributed by atoms with Crippen LogP contribution in [0.2, 0.25) is 0 Å². The average molecular weight is 433 g/mol. The van der Waals surface area contributed by atoms with Crippen LogP contribution >= 0.6 is 11.3 Å². The van der Waals surface area contributed by atoms with Crippen molar-refractivity contribution in [2.45, 2.75) is 45.1 Å². The largest absolute Gasteiger partial charge is 0.342 e. The van der Waals surface area contributed by atoms with Gasteiger partial charge in [-0.1, -0.05) is 13.0 Å². The number of hydrogen-bond acceptors (Lipinski definition) is 5. The number of carbonyl (C=O) groups excluding carboxylic acids is 2. The Hall–Kier alpha value is -1.44. The molecule has 1 aromatic heterocycles. The maximum atomic E-state index is 12.9. The normalized spacial score (nSPS) is 23.1. The van der Waals surface area contributed by atoms with Gasteiger partial charge in [-0.25, -0.2) is 0 Å². The number of amides is 2. The first-order valence-corrected chi connectivity index (χ1v) is 12.6. The second-order valence-corrected chi connectivity index (χ2v) is 9.97. The number of likely N-dealkylation sites (N-methyl/N-ethyl adjacent to an activating group) is 1. The lowest BCUT2D eigenvalue weighted by Gasteiger charge is -2.42. The highest BCUT2D eigenvalue weighted by atomic mass is 32.1. The summed E-state index contributed by atoms with van der Waals surface area (Å²) in [6.45, 7) is 10.9. The number of likely N-dealkylation sites (tertiary alicyclic amines) is 2. The van der Waals surface area contributed by atoms with E-state index in [1.165, 1.54) is 0 Å². The molecule has 0 atom stereocenters. The molecule has 0 radical (unpaired) electrons. The number of thiophene rings is 1. The van der Waals surface area contributed by atoms with Crippen molar-refractivity contribution in [2.24, 2.45) is 5.92 Å². The monoisotopic (exact) mass is 432 g/mol. The van der Waals surface area contributed by atoms with E-state index in [-0.39, 0.29) is 11.8 Å². The number of piperazine rings is 1. The fraction of sp³-hybridized carbons (Fsp3) is 0.739. The minimum atomic E-state index is 0.210. The Kier molecular flexibility index (Phi) is 7.44. The second-order valence-electron chi connectivity index (χ2n) is 8.94. The maximum absolute atomic E-state index is 12.9. The lowest BCUT2D eigenvalue weighted by molar-refractivity contribution is -0.139. The zero-order valence-electron chi connectivity index (χ0n) is 18.3. The number of rotatable bonds is 5. The molecular weight excluding hydrogens is 396 g/mol. The quantitative estimate of drug-likeness (QED) is 0.715. The van der Waals surface area contributed by atoms with Crippen LogP contribution in [0.3, 0.4) is 0 Å². The van der Waals surface area contributed by atoms with Crippen LogP contribution in [0.5, 0.6) is 0 Å². The van der Waals surface area contributed by atoms with Crippen LogP contribution in [-0.2, 0) is 16.0 Å². The predicted octanol–water partition coefficient (Wildman–Crippen LogP) is 2.16. The Balaban J connectivity index is 1.18. The molecule has 166 valence electrons. The van der Waals surface area contributed by atoms with E-state index in [2.05, 4.69) is 21.6 Å². The van der Waals surface area contributed by atoms with Crippen molar-refractivity contribution in [1.82, 2.24) is 19.6 Å². The summed E-state index contributed by atoms with van der Waals surface area (Å²) in [6, 6.07) is 4.63. The Morgan fingerprint density at radius 2 is 1.63 bits per heavy atom. The predicted molar refractivity (Wildman–Crippen MR) is 121 cm³/mol. The van der Waals surface area contributed by atoms with Crippen molar-refractivity contribution in [3.05, 3.63) is 22.4 Å². The first kappa shape index (κ1) is 21.8. The van der Waals surface area contributed by atoms with Crippen molar-refractivity contribution in [1.29, 1.82) is 0 Å². The third-order valence-corrected chi connectivity index (χ3v) is 8.13. The van der Waals surface area contributed by atoms with Gasteiger partial charge in [0.2, 0.25) is 11.8 Å². The van der Waals surface area contributed by atoms with Crippen LogP contribution in [0.25, 0.3) is 0 Å². The standard InChI is InChI=1S/C23H36N4O2S/c1-2-24-13-15-27(16-14-24)23(29)19-5-9-25(10-6-19)20-7-11-26(12-8-20)22(28)18-21-4-3-17-30-21/h3-4,17,19-20H,2,5-16,18H2,1H3. The molecular formula is C23H36N4O2S. The molecule has 0 spiro atoms. The molecule has 3 fully saturated rings. The first-order valence-electron chi connectivity index (χ1n) is 11.7. The van der Waals surface area contributed by atoms with Crippen LogP contribution in [-0.4, -0.2) is 96.4 Å². The molecule has 4 heterocycles. The lowest BCUT2D eigenvalue weighted by atomic mass is 9.92. The summed E-state index contributed by atoms with van der Waals surface area (Å²) in [7, 11) is 0. The highest BCUT2D eigenvalue weighted by Gasteiger charge is 2.33. The third-order valence-electron chi connectivity index (χ3n) is 7.25. The Bertz CT molecular complexity index is 686. The summed E-state index contributed by atoms with van der Waals surface area (Å²) in [5, 5.41) is 2.04. The van der Waals surface area contributed by atoms with Crippen molar-refractivity contribution >= 4 is 23.2 Å². The van der Waals surface area contributed by atoms with E-state index in [1.807, 2.05) is 22.4 Å². The molecule has 7 heteroatoms. The number of nitrogens with zero attached hydrogens (tertiary/aromatic N) is 4. The van der Waals surface area contributed by atoms with Gasteiger partial charge in [-0.15, -0.1) is 11.3 Å². The molecule has 30 heavy (non-hydrogen) atoms. The lowest BCUT2D eigenvalue weighted by Crippen LogP contribution is -2.53. The van der Waals surface area contributed by atoms with E-state index in [0.29, 0.717) is 18.4 Å². The molecule has 3 aliphatic rings. The topological polar surface area (TPSA) is 47.1 Å². The summed E-state index contributed by atoms with van der Waals surface area (Å²) in [4.78, 5) is 35.8. The minimum absolute atomic E-state index is 0.210. The molecule has 0 aromatic carbocycles. The number of piperidine rings is 2. The van der Waals surface area contributed by atoms with Gasteiger partial charge in [-0.05, 0) is 56.8 Å². The van der Waals surface area contributed by atoms with E-state index >= 15 is 0 Å². The average Bonchev–Trinajstić information content (AvgIpc) is 3.32. The SMILES string of the molecule is CCN1CCN(C(=O)C2CCN(C3CCN(C(=O)Cc4cccs4)CC3)CC2)CC1. The smallest absolute Gasteiger partial charge is 0.227 e. The molecule has 0 bridgehead atoms. The van der Waals surface area contributed by atoms with Crippen molar-refractivity contribution in [2.75, 3.05) is 58.9 Å². The molecule has 0 N–H and O–H groups in total. The third kappa shape index (κ3) is 5.24. The first-order chi connectivity index (χ1) is 14.6. The molecule has 3 aliphatic heterocycles. The Morgan fingerprint density at radius 3 is 2.23 bits per heavy atom. The highest BCUT2D eigenvalue weighted by molar-refractivity contribution is 7.10. The fourth-order valence-corrected chi connectivity index (χ4v) is 5.90. The molecule has 0 unspecified atom stereocenters. The molecule has 6 nitrogen and oxygen atoms in total. The van der Waals surface area contributed by atoms with Crippen molar-refractivity contribution < 1.29 is 9.59 Å². The summed E-state index contributed by atoms with van der Waals surface area (Å²) in [6.07, 6.45) is 4.65. The van der Waals surface area contributed by atoms with Crippen LogP contribution in [0.4, 0.5) is 0 Å². The maximum Gasteiger partial charge on any atom is 0.227 e. The summed E-state index contributed by atoms with van der Waals surface area (Å²) in [5.41, 5.74) is 0. The molecule has 4 rings (SSSR count). The molecule has 0 aliphatic carbocycles.